The molecule has 3 aliphatic carbocycles. The van der Waals surface area contributed by atoms with Gasteiger partial charge in [0, 0.05) is 12.5 Å². The third-order valence-corrected chi connectivity index (χ3v) is 5.32. The predicted octanol–water partition coefficient (Wildman–Crippen LogP) is 3.83. The molecule has 2 saturated carbocycles. The van der Waals surface area contributed by atoms with Crippen molar-refractivity contribution in [2.45, 2.75) is 37.2 Å². The Kier molecular flexibility index (Phi) is 2.85. The molecule has 0 aliphatic heterocycles. The average molecular weight is 316 g/mol. The molecule has 21 heavy (non-hydrogen) atoms. The number of allylic oxidation sites excluding steroid dienone is 2. The first-order chi connectivity index (χ1) is 9.54. The normalized spacial score (nSPS) is 37.4. The lowest BCUT2D eigenvalue weighted by Gasteiger charge is -2.50. The molecule has 0 amide bonds. The first-order valence-corrected chi connectivity index (χ1v) is 6.50. The third kappa shape index (κ3) is 1.69. The molecule has 0 N–H and O–H groups in total. The number of rotatable bonds is 5. The molecule has 3 unspecified atom stereocenters. The van der Waals surface area contributed by atoms with E-state index in [0.717, 1.165) is 7.11 Å². The van der Waals surface area contributed by atoms with Gasteiger partial charge < -0.3 is 9.47 Å². The molecule has 3 aliphatic rings. The third-order valence-electron chi connectivity index (χ3n) is 5.32. The predicted molar refractivity (Wildman–Crippen MR) is 59.1 cm³/mol. The molecule has 0 radical (unpaired) electrons. The number of methoxy groups -OCH3 is 1. The van der Waals surface area contributed by atoms with Crippen molar-refractivity contribution in [3.05, 3.63) is 12.2 Å². The maximum Gasteiger partial charge on any atom is 0.426 e. The molecule has 0 aromatic rings. The van der Waals surface area contributed by atoms with Crippen molar-refractivity contribution in [2.24, 2.45) is 16.7 Å². The van der Waals surface area contributed by atoms with Gasteiger partial charge in [-0.1, -0.05) is 12.2 Å². The average Bonchev–Trinajstić information content (AvgIpc) is 2.72. The standard InChI is InChI=1S/C13H14F6O2/c1-20-7-21-11(12(14,15)16,13(17,18)19)5-8-4-9-2-3-10(8,9)6-9/h2-3,8H,4-7H2,1H3. The Morgan fingerprint density at radius 3 is 2.00 bits per heavy atom. The fourth-order valence-electron chi connectivity index (χ4n) is 4.01. The summed E-state index contributed by atoms with van der Waals surface area (Å²) in [5, 5.41) is 0. The molecule has 2 nitrogen and oxygen atoms in total. The van der Waals surface area contributed by atoms with Crippen LogP contribution in [0.1, 0.15) is 19.3 Å². The second-order valence-electron chi connectivity index (χ2n) is 6.19. The smallest absolute Gasteiger partial charge is 0.359 e. The molecule has 2 fully saturated rings. The zero-order chi connectivity index (χ0) is 15.7. The van der Waals surface area contributed by atoms with Crippen LogP contribution in [-0.2, 0) is 9.47 Å². The molecular formula is C13H14F6O2. The summed E-state index contributed by atoms with van der Waals surface area (Å²) in [4.78, 5) is 0. The van der Waals surface area contributed by atoms with Crippen LogP contribution in [0.4, 0.5) is 26.3 Å². The number of alkyl halides is 6. The summed E-state index contributed by atoms with van der Waals surface area (Å²) in [5.74, 6) is -0.650. The van der Waals surface area contributed by atoms with Crippen molar-refractivity contribution in [3.63, 3.8) is 0 Å². The van der Waals surface area contributed by atoms with Crippen LogP contribution in [-0.4, -0.2) is 31.9 Å². The molecule has 0 spiro atoms. The van der Waals surface area contributed by atoms with Crippen LogP contribution in [0.3, 0.4) is 0 Å². The minimum atomic E-state index is -5.54. The molecule has 0 aromatic carbocycles. The Hall–Kier alpha value is -0.760. The van der Waals surface area contributed by atoms with Gasteiger partial charge in [0.05, 0.1) is 0 Å². The minimum absolute atomic E-state index is 0.109. The van der Waals surface area contributed by atoms with Crippen molar-refractivity contribution in [2.75, 3.05) is 13.9 Å². The Morgan fingerprint density at radius 1 is 1.10 bits per heavy atom. The van der Waals surface area contributed by atoms with Crippen molar-refractivity contribution in [1.82, 2.24) is 0 Å². The topological polar surface area (TPSA) is 18.5 Å². The van der Waals surface area contributed by atoms with Gasteiger partial charge in [0.1, 0.15) is 6.79 Å². The van der Waals surface area contributed by atoms with Gasteiger partial charge in [-0.05, 0) is 30.6 Å². The number of ether oxygens (including phenoxy) is 2. The first kappa shape index (κ1) is 15.1. The molecular weight excluding hydrogens is 302 g/mol. The summed E-state index contributed by atoms with van der Waals surface area (Å²) in [6, 6.07) is 0. The van der Waals surface area contributed by atoms with E-state index in [1.54, 1.807) is 6.08 Å². The maximum absolute atomic E-state index is 13.2. The number of hydrogen-bond acceptors (Lipinski definition) is 2. The van der Waals surface area contributed by atoms with Gasteiger partial charge in [0.2, 0.25) is 0 Å². The van der Waals surface area contributed by atoms with E-state index in [1.165, 1.54) is 0 Å². The second-order valence-corrected chi connectivity index (χ2v) is 6.19. The van der Waals surface area contributed by atoms with Crippen LogP contribution in [0.2, 0.25) is 0 Å². The van der Waals surface area contributed by atoms with Gasteiger partial charge >= 0.3 is 12.4 Å². The molecule has 0 bridgehead atoms. The van der Waals surface area contributed by atoms with Crippen molar-refractivity contribution in [1.29, 1.82) is 0 Å². The van der Waals surface area contributed by atoms with Crippen LogP contribution < -0.4 is 0 Å². The molecule has 8 heteroatoms. The zero-order valence-corrected chi connectivity index (χ0v) is 11.1. The Balaban J connectivity index is 1.86. The second kappa shape index (κ2) is 3.95. The lowest BCUT2D eigenvalue weighted by atomic mass is 9.56. The van der Waals surface area contributed by atoms with Crippen LogP contribution in [0.5, 0.6) is 0 Å². The summed E-state index contributed by atoms with van der Waals surface area (Å²) in [6.45, 7) is -1.06. The van der Waals surface area contributed by atoms with Crippen LogP contribution >= 0.6 is 0 Å². The minimum Gasteiger partial charge on any atom is -0.359 e. The Labute approximate surface area is 117 Å². The van der Waals surface area contributed by atoms with E-state index in [0.29, 0.717) is 12.8 Å². The molecule has 0 aromatic heterocycles. The highest BCUT2D eigenvalue weighted by Crippen LogP contribution is 2.88. The number of hydrogen-bond donors (Lipinski definition) is 0. The van der Waals surface area contributed by atoms with Gasteiger partial charge in [-0.3, -0.25) is 0 Å². The molecule has 0 saturated heterocycles. The van der Waals surface area contributed by atoms with E-state index in [9.17, 15) is 26.3 Å². The molecule has 3 atom stereocenters. The highest BCUT2D eigenvalue weighted by molar-refractivity contribution is 5.47. The monoisotopic (exact) mass is 316 g/mol. The first-order valence-electron chi connectivity index (χ1n) is 6.50. The highest BCUT2D eigenvalue weighted by Gasteiger charge is 2.83. The van der Waals surface area contributed by atoms with E-state index < -0.39 is 42.5 Å². The molecule has 3 rings (SSSR count). The quantitative estimate of drug-likeness (QED) is 0.436. The van der Waals surface area contributed by atoms with Crippen LogP contribution in [0, 0.1) is 16.7 Å². The van der Waals surface area contributed by atoms with Crippen LogP contribution in [0.25, 0.3) is 0 Å². The summed E-state index contributed by atoms with van der Waals surface area (Å²) < 4.78 is 87.5. The van der Waals surface area contributed by atoms with Gasteiger partial charge in [0.15, 0.2) is 0 Å². The van der Waals surface area contributed by atoms with Crippen LogP contribution in [0.15, 0.2) is 12.2 Å². The van der Waals surface area contributed by atoms with E-state index in [1.807, 2.05) is 6.08 Å². The largest absolute Gasteiger partial charge is 0.426 e. The summed E-state index contributed by atoms with van der Waals surface area (Å²) >= 11 is 0. The summed E-state index contributed by atoms with van der Waals surface area (Å²) in [7, 11) is 0.986. The zero-order valence-electron chi connectivity index (χ0n) is 11.1. The van der Waals surface area contributed by atoms with E-state index in [4.69, 9.17) is 0 Å². The van der Waals surface area contributed by atoms with Crippen molar-refractivity contribution >= 4 is 0 Å². The van der Waals surface area contributed by atoms with Crippen molar-refractivity contribution < 1.29 is 35.8 Å². The number of halogens is 6. The van der Waals surface area contributed by atoms with Gasteiger partial charge in [-0.15, -0.1) is 0 Å². The lowest BCUT2D eigenvalue weighted by Crippen LogP contribution is -2.61. The van der Waals surface area contributed by atoms with Gasteiger partial charge in [-0.2, -0.15) is 26.3 Å². The SMILES string of the molecule is COCOC(CC1CC23C=CC12C3)(C(F)(F)F)C(F)(F)F. The summed E-state index contributed by atoms with van der Waals surface area (Å²) in [6.07, 6.45) is -7.51. The van der Waals surface area contributed by atoms with E-state index in [-0.39, 0.29) is 5.41 Å². The van der Waals surface area contributed by atoms with Crippen molar-refractivity contribution in [3.8, 4) is 0 Å². The summed E-state index contributed by atoms with van der Waals surface area (Å²) in [5.41, 5.74) is -4.71. The maximum atomic E-state index is 13.2. The van der Waals surface area contributed by atoms with E-state index >= 15 is 0 Å². The molecule has 0 heterocycles. The highest BCUT2D eigenvalue weighted by atomic mass is 19.4. The van der Waals surface area contributed by atoms with Gasteiger partial charge in [0.25, 0.3) is 5.60 Å². The lowest BCUT2D eigenvalue weighted by molar-refractivity contribution is -0.398. The van der Waals surface area contributed by atoms with E-state index in [2.05, 4.69) is 9.47 Å². The Bertz CT molecular complexity index is 468. The fourth-order valence-corrected chi connectivity index (χ4v) is 4.01. The molecule has 120 valence electrons. The Morgan fingerprint density at radius 2 is 1.71 bits per heavy atom. The fraction of sp³-hybridized carbons (Fsp3) is 0.846. The van der Waals surface area contributed by atoms with Gasteiger partial charge in [-0.25, -0.2) is 0 Å².